The first-order chi connectivity index (χ1) is 7.06. The second-order valence-electron chi connectivity index (χ2n) is 3.55. The molecule has 0 saturated carbocycles. The fraction of sp³-hybridized carbons (Fsp3) is 0.455. The average molecular weight is 232 g/mol. The first-order valence-electron chi connectivity index (χ1n) is 4.84. The summed E-state index contributed by atoms with van der Waals surface area (Å²) in [5.74, 6) is -0.259. The number of aliphatic hydroxyl groups is 1. The standard InChI is InChI=1S/C11H15ClFNO/c1-8-6-9(12)11(7-10(8)13)14(2)4-3-5-15/h6-7,15H,3-5H2,1-2H3. The van der Waals surface area contributed by atoms with Crippen molar-refractivity contribution in [2.75, 3.05) is 25.1 Å². The van der Waals surface area contributed by atoms with E-state index in [9.17, 15) is 4.39 Å². The maximum atomic E-state index is 13.3. The lowest BCUT2D eigenvalue weighted by Gasteiger charge is -2.20. The smallest absolute Gasteiger partial charge is 0.128 e. The van der Waals surface area contributed by atoms with Gasteiger partial charge in [0.1, 0.15) is 5.82 Å². The van der Waals surface area contributed by atoms with Gasteiger partial charge in [0.2, 0.25) is 0 Å². The van der Waals surface area contributed by atoms with Gasteiger partial charge in [-0.3, -0.25) is 0 Å². The lowest BCUT2D eigenvalue weighted by molar-refractivity contribution is 0.290. The van der Waals surface area contributed by atoms with Crippen molar-refractivity contribution in [2.45, 2.75) is 13.3 Å². The number of anilines is 1. The van der Waals surface area contributed by atoms with Crippen molar-refractivity contribution in [2.24, 2.45) is 0 Å². The SMILES string of the molecule is Cc1cc(Cl)c(N(C)CCCO)cc1F. The molecule has 1 aromatic rings. The zero-order chi connectivity index (χ0) is 11.4. The summed E-state index contributed by atoms with van der Waals surface area (Å²) < 4.78 is 13.3. The van der Waals surface area contributed by atoms with E-state index in [0.717, 1.165) is 0 Å². The number of halogens is 2. The largest absolute Gasteiger partial charge is 0.396 e. The van der Waals surface area contributed by atoms with E-state index >= 15 is 0 Å². The summed E-state index contributed by atoms with van der Waals surface area (Å²) in [6.45, 7) is 2.45. The third-order valence-corrected chi connectivity index (χ3v) is 2.59. The molecule has 1 rings (SSSR count). The van der Waals surface area contributed by atoms with E-state index in [1.807, 2.05) is 11.9 Å². The van der Waals surface area contributed by atoms with Crippen LogP contribution in [0.15, 0.2) is 12.1 Å². The van der Waals surface area contributed by atoms with Crippen LogP contribution in [0.25, 0.3) is 0 Å². The number of aliphatic hydroxyl groups excluding tert-OH is 1. The highest BCUT2D eigenvalue weighted by Gasteiger charge is 2.09. The van der Waals surface area contributed by atoms with Crippen molar-refractivity contribution >= 4 is 17.3 Å². The molecule has 0 radical (unpaired) electrons. The Hall–Kier alpha value is -0.800. The number of hydrogen-bond donors (Lipinski definition) is 1. The van der Waals surface area contributed by atoms with Gasteiger partial charge >= 0.3 is 0 Å². The minimum absolute atomic E-state index is 0.121. The van der Waals surface area contributed by atoms with Crippen LogP contribution in [0.2, 0.25) is 5.02 Å². The van der Waals surface area contributed by atoms with Gasteiger partial charge in [-0.15, -0.1) is 0 Å². The van der Waals surface area contributed by atoms with Crippen LogP contribution in [0.4, 0.5) is 10.1 Å². The molecule has 4 heteroatoms. The summed E-state index contributed by atoms with van der Waals surface area (Å²) in [4.78, 5) is 1.83. The monoisotopic (exact) mass is 231 g/mol. The molecule has 0 aliphatic carbocycles. The van der Waals surface area contributed by atoms with E-state index in [1.54, 1.807) is 13.0 Å². The molecule has 0 aromatic heterocycles. The normalized spacial score (nSPS) is 10.5. The van der Waals surface area contributed by atoms with Gasteiger partial charge < -0.3 is 10.0 Å². The molecule has 2 nitrogen and oxygen atoms in total. The zero-order valence-electron chi connectivity index (χ0n) is 8.93. The Bertz CT molecular complexity index is 344. The second kappa shape index (κ2) is 5.33. The molecule has 0 aliphatic heterocycles. The van der Waals surface area contributed by atoms with Gasteiger partial charge in [0.05, 0.1) is 10.7 Å². The summed E-state index contributed by atoms with van der Waals surface area (Å²) in [6, 6.07) is 3.04. The zero-order valence-corrected chi connectivity index (χ0v) is 9.68. The molecule has 84 valence electrons. The van der Waals surface area contributed by atoms with Gasteiger partial charge in [0.25, 0.3) is 0 Å². The molecular weight excluding hydrogens is 217 g/mol. The average Bonchev–Trinajstić information content (AvgIpc) is 2.20. The highest BCUT2D eigenvalue weighted by molar-refractivity contribution is 6.33. The number of nitrogens with zero attached hydrogens (tertiary/aromatic N) is 1. The highest BCUT2D eigenvalue weighted by Crippen LogP contribution is 2.27. The van der Waals surface area contributed by atoms with E-state index in [4.69, 9.17) is 16.7 Å². The summed E-state index contributed by atoms with van der Waals surface area (Å²) in [5, 5.41) is 9.23. The fourth-order valence-corrected chi connectivity index (χ4v) is 1.72. The molecule has 0 aliphatic rings. The van der Waals surface area contributed by atoms with E-state index in [1.165, 1.54) is 6.07 Å². The molecule has 0 heterocycles. The van der Waals surface area contributed by atoms with Crippen molar-refractivity contribution in [1.29, 1.82) is 0 Å². The van der Waals surface area contributed by atoms with Gasteiger partial charge in [-0.05, 0) is 31.0 Å². The fourth-order valence-electron chi connectivity index (χ4n) is 1.36. The molecule has 0 amide bonds. The van der Waals surface area contributed by atoms with E-state index in [2.05, 4.69) is 0 Å². The Balaban J connectivity index is 2.88. The number of benzene rings is 1. The third kappa shape index (κ3) is 3.08. The molecule has 0 saturated heterocycles. The van der Waals surface area contributed by atoms with Crippen LogP contribution in [0.3, 0.4) is 0 Å². The maximum absolute atomic E-state index is 13.3. The molecule has 1 N–H and O–H groups in total. The second-order valence-corrected chi connectivity index (χ2v) is 3.96. The Morgan fingerprint density at radius 2 is 2.13 bits per heavy atom. The lowest BCUT2D eigenvalue weighted by Crippen LogP contribution is -2.20. The van der Waals surface area contributed by atoms with Gasteiger partial charge in [0, 0.05) is 20.2 Å². The molecule has 15 heavy (non-hydrogen) atoms. The quantitative estimate of drug-likeness (QED) is 0.861. The molecule has 0 spiro atoms. The Kier molecular flexibility index (Phi) is 4.36. The Morgan fingerprint density at radius 1 is 1.47 bits per heavy atom. The Labute approximate surface area is 94.3 Å². The van der Waals surface area contributed by atoms with Gasteiger partial charge in [-0.1, -0.05) is 11.6 Å². The van der Waals surface area contributed by atoms with Crippen LogP contribution in [0.5, 0.6) is 0 Å². The minimum Gasteiger partial charge on any atom is -0.396 e. The first kappa shape index (κ1) is 12.3. The number of rotatable bonds is 4. The van der Waals surface area contributed by atoms with Crippen LogP contribution >= 0.6 is 11.6 Å². The van der Waals surface area contributed by atoms with Crippen molar-refractivity contribution < 1.29 is 9.50 Å². The van der Waals surface area contributed by atoms with E-state index in [0.29, 0.717) is 29.2 Å². The summed E-state index contributed by atoms with van der Waals surface area (Å²) >= 11 is 6.00. The molecular formula is C11H15ClFNO. The molecule has 0 fully saturated rings. The van der Waals surface area contributed by atoms with Crippen LogP contribution in [0, 0.1) is 12.7 Å². The Morgan fingerprint density at radius 3 is 2.73 bits per heavy atom. The number of aryl methyl sites for hydroxylation is 1. The van der Waals surface area contributed by atoms with E-state index in [-0.39, 0.29) is 12.4 Å². The summed E-state index contributed by atoms with van der Waals surface area (Å²) in [7, 11) is 1.83. The van der Waals surface area contributed by atoms with Crippen molar-refractivity contribution in [1.82, 2.24) is 0 Å². The predicted molar refractivity (Wildman–Crippen MR) is 61.1 cm³/mol. The molecule has 0 unspecified atom stereocenters. The highest BCUT2D eigenvalue weighted by atomic mass is 35.5. The predicted octanol–water partition coefficient (Wildman–Crippen LogP) is 2.61. The van der Waals surface area contributed by atoms with Gasteiger partial charge in [-0.25, -0.2) is 4.39 Å². The maximum Gasteiger partial charge on any atom is 0.128 e. The summed E-state index contributed by atoms with van der Waals surface area (Å²) in [5.41, 5.74) is 1.20. The van der Waals surface area contributed by atoms with Crippen LogP contribution in [0.1, 0.15) is 12.0 Å². The minimum atomic E-state index is -0.259. The van der Waals surface area contributed by atoms with Crippen molar-refractivity contribution in [3.63, 3.8) is 0 Å². The van der Waals surface area contributed by atoms with Crippen molar-refractivity contribution in [3.8, 4) is 0 Å². The van der Waals surface area contributed by atoms with Gasteiger partial charge in [-0.2, -0.15) is 0 Å². The van der Waals surface area contributed by atoms with Crippen molar-refractivity contribution in [3.05, 3.63) is 28.5 Å². The summed E-state index contributed by atoms with van der Waals surface area (Å²) in [6.07, 6.45) is 0.641. The molecule has 0 bridgehead atoms. The van der Waals surface area contributed by atoms with Gasteiger partial charge in [0.15, 0.2) is 0 Å². The lowest BCUT2D eigenvalue weighted by atomic mass is 10.2. The van der Waals surface area contributed by atoms with Crippen LogP contribution in [-0.2, 0) is 0 Å². The van der Waals surface area contributed by atoms with Crippen LogP contribution in [-0.4, -0.2) is 25.3 Å². The number of hydrogen-bond acceptors (Lipinski definition) is 2. The topological polar surface area (TPSA) is 23.5 Å². The van der Waals surface area contributed by atoms with E-state index < -0.39 is 0 Å². The third-order valence-electron chi connectivity index (χ3n) is 2.29. The van der Waals surface area contributed by atoms with Crippen LogP contribution < -0.4 is 4.90 Å². The molecule has 0 atom stereocenters. The molecule has 1 aromatic carbocycles. The first-order valence-corrected chi connectivity index (χ1v) is 5.21.